The van der Waals surface area contributed by atoms with Gasteiger partial charge >= 0.3 is 0 Å². The molecule has 0 aromatic heterocycles. The number of nitrogens with one attached hydrogen (secondary N) is 2. The summed E-state index contributed by atoms with van der Waals surface area (Å²) in [6.45, 7) is 3.32. The van der Waals surface area contributed by atoms with Crippen molar-refractivity contribution in [2.75, 3.05) is 37.9 Å². The van der Waals surface area contributed by atoms with Crippen LogP contribution in [0.25, 0.3) is 11.3 Å². The summed E-state index contributed by atoms with van der Waals surface area (Å²) in [6, 6.07) is 22.0. The molecule has 0 unspecified atom stereocenters. The first-order valence-electron chi connectivity index (χ1n) is 11.6. The van der Waals surface area contributed by atoms with Crippen LogP contribution in [0.1, 0.15) is 29.5 Å². The third-order valence-corrected chi connectivity index (χ3v) is 6.41. The van der Waals surface area contributed by atoms with Gasteiger partial charge in [-0.1, -0.05) is 42.5 Å². The van der Waals surface area contributed by atoms with E-state index in [0.717, 1.165) is 29.1 Å². The van der Waals surface area contributed by atoms with Crippen molar-refractivity contribution in [3.63, 3.8) is 0 Å². The van der Waals surface area contributed by atoms with E-state index in [1.54, 1.807) is 20.3 Å². The summed E-state index contributed by atoms with van der Waals surface area (Å²) >= 11 is 0. The minimum absolute atomic E-state index is 0.165. The Hall–Kier alpha value is -3.77. The first-order valence-corrected chi connectivity index (χ1v) is 11.6. The molecule has 0 aliphatic carbocycles. The van der Waals surface area contributed by atoms with E-state index in [1.807, 2.05) is 36.4 Å². The van der Waals surface area contributed by atoms with Gasteiger partial charge in [-0.05, 0) is 55.3 Å². The number of rotatable bonds is 7. The highest BCUT2D eigenvalue weighted by Gasteiger charge is 2.30. The molecule has 6 heteroatoms. The summed E-state index contributed by atoms with van der Waals surface area (Å²) < 4.78 is 10.9. The minimum atomic E-state index is -0.165. The van der Waals surface area contributed by atoms with Crippen molar-refractivity contribution in [2.45, 2.75) is 19.4 Å². The van der Waals surface area contributed by atoms with Gasteiger partial charge in [0.25, 0.3) is 5.91 Å². The number of methoxy groups -OCH3 is 2. The maximum absolute atomic E-state index is 13.2. The number of carbonyl (C=O) groups excluding carboxylic acids is 1. The molecule has 1 saturated heterocycles. The Kier molecular flexibility index (Phi) is 6.23. The Morgan fingerprint density at radius 1 is 0.941 bits per heavy atom. The lowest BCUT2D eigenvalue weighted by Gasteiger charge is -2.17. The van der Waals surface area contributed by atoms with Gasteiger partial charge < -0.3 is 20.1 Å². The Balaban J connectivity index is 1.53. The van der Waals surface area contributed by atoms with Crippen LogP contribution >= 0.6 is 0 Å². The van der Waals surface area contributed by atoms with E-state index in [-0.39, 0.29) is 5.91 Å². The molecule has 1 fully saturated rings. The Morgan fingerprint density at radius 3 is 2.29 bits per heavy atom. The molecule has 0 radical (unpaired) electrons. The first-order chi connectivity index (χ1) is 16.7. The Labute approximate surface area is 200 Å². The van der Waals surface area contributed by atoms with E-state index in [0.29, 0.717) is 22.8 Å². The van der Waals surface area contributed by atoms with Gasteiger partial charge in [0, 0.05) is 23.9 Å². The lowest BCUT2D eigenvalue weighted by Crippen LogP contribution is -2.18. The van der Waals surface area contributed by atoms with E-state index >= 15 is 0 Å². The average molecular weight is 456 g/mol. The Morgan fingerprint density at radius 2 is 1.62 bits per heavy atom. The molecule has 0 atom stereocenters. The van der Waals surface area contributed by atoms with Gasteiger partial charge in [-0.25, -0.2) is 0 Å². The Bertz CT molecular complexity index is 1210. The molecule has 2 heterocycles. The van der Waals surface area contributed by atoms with E-state index in [9.17, 15) is 4.79 Å². The largest absolute Gasteiger partial charge is 0.493 e. The van der Waals surface area contributed by atoms with Crippen LogP contribution in [0.3, 0.4) is 0 Å². The van der Waals surface area contributed by atoms with Crippen molar-refractivity contribution < 1.29 is 14.3 Å². The highest BCUT2D eigenvalue weighted by Crippen LogP contribution is 2.43. The lowest BCUT2D eigenvalue weighted by atomic mass is 9.99. The van der Waals surface area contributed by atoms with Gasteiger partial charge in [-0.2, -0.15) is 0 Å². The molecular weight excluding hydrogens is 426 g/mol. The summed E-state index contributed by atoms with van der Waals surface area (Å²) in [7, 11) is 3.18. The summed E-state index contributed by atoms with van der Waals surface area (Å²) in [4.78, 5) is 15.7. The van der Waals surface area contributed by atoms with Gasteiger partial charge in [-0.15, -0.1) is 0 Å². The monoisotopic (exact) mass is 455 g/mol. The number of nitrogens with zero attached hydrogens (tertiary/aromatic N) is 1. The fourth-order valence-electron chi connectivity index (χ4n) is 4.67. The van der Waals surface area contributed by atoms with Crippen molar-refractivity contribution in [1.82, 2.24) is 4.90 Å². The number of benzene rings is 3. The van der Waals surface area contributed by atoms with Crippen LogP contribution in [0.5, 0.6) is 11.5 Å². The van der Waals surface area contributed by atoms with Crippen molar-refractivity contribution in [3.05, 3.63) is 83.4 Å². The van der Waals surface area contributed by atoms with Gasteiger partial charge in [0.15, 0.2) is 11.5 Å². The molecule has 1 amide bonds. The van der Waals surface area contributed by atoms with Gasteiger partial charge in [0.1, 0.15) is 0 Å². The zero-order chi connectivity index (χ0) is 23.5. The number of anilines is 2. The van der Waals surface area contributed by atoms with Crippen LogP contribution in [0.15, 0.2) is 66.7 Å². The molecular formula is C28H29N3O3. The van der Waals surface area contributed by atoms with Crippen LogP contribution in [-0.2, 0) is 11.3 Å². The summed E-state index contributed by atoms with van der Waals surface area (Å²) in [5.41, 5.74) is 5.95. The molecule has 0 saturated carbocycles. The molecule has 3 aromatic carbocycles. The summed E-state index contributed by atoms with van der Waals surface area (Å²) in [6.07, 6.45) is 2.57. The predicted molar refractivity (Wildman–Crippen MR) is 136 cm³/mol. The maximum atomic E-state index is 13.2. The third-order valence-electron chi connectivity index (χ3n) is 6.41. The highest BCUT2D eigenvalue weighted by molar-refractivity contribution is 6.37. The van der Waals surface area contributed by atoms with Gasteiger partial charge in [0.2, 0.25) is 0 Å². The van der Waals surface area contributed by atoms with Gasteiger partial charge in [-0.3, -0.25) is 9.69 Å². The molecule has 2 aliphatic heterocycles. The molecule has 34 heavy (non-hydrogen) atoms. The summed E-state index contributed by atoms with van der Waals surface area (Å²) in [5.74, 6) is 0.988. The number of carbonyl (C=O) groups is 1. The molecule has 0 bridgehead atoms. The number of hydrogen-bond donors (Lipinski definition) is 2. The standard InChI is InChI=1S/C28H29N3O3/c1-33-24-16-22-23(17-25(24)34-2)30-28(32)26(22)27(20-8-4-3-5-9-20)29-21-12-10-19(11-13-21)18-31-14-6-7-15-31/h3-5,8-13,16-17,29H,6-7,14-15,18H2,1-2H3,(H,30,32). The minimum Gasteiger partial charge on any atom is -0.493 e. The molecule has 2 aliphatic rings. The van der Waals surface area contributed by atoms with Crippen LogP contribution in [-0.4, -0.2) is 38.1 Å². The number of hydrogen-bond acceptors (Lipinski definition) is 5. The second kappa shape index (κ2) is 9.61. The van der Waals surface area contributed by atoms with E-state index in [2.05, 4.69) is 39.8 Å². The SMILES string of the molecule is COc1cc2c(cc1OC)C(=C(Nc1ccc(CN3CCCC3)cc1)c1ccccc1)C(=O)N2. The highest BCUT2D eigenvalue weighted by atomic mass is 16.5. The number of ether oxygens (including phenoxy) is 2. The fourth-order valence-corrected chi connectivity index (χ4v) is 4.67. The topological polar surface area (TPSA) is 62.8 Å². The van der Waals surface area contributed by atoms with Crippen LogP contribution in [0, 0.1) is 0 Å². The van der Waals surface area contributed by atoms with E-state index in [4.69, 9.17) is 9.47 Å². The normalized spacial score (nSPS) is 16.7. The zero-order valence-corrected chi connectivity index (χ0v) is 19.6. The van der Waals surface area contributed by atoms with Crippen LogP contribution < -0.4 is 20.1 Å². The quantitative estimate of drug-likeness (QED) is 0.478. The van der Waals surface area contributed by atoms with Crippen LogP contribution in [0.2, 0.25) is 0 Å². The zero-order valence-electron chi connectivity index (χ0n) is 19.6. The fraction of sp³-hybridized carbons (Fsp3) is 0.250. The molecule has 3 aromatic rings. The number of fused-ring (bicyclic) bond motifs is 1. The van der Waals surface area contributed by atoms with Crippen molar-refractivity contribution in [3.8, 4) is 11.5 Å². The number of likely N-dealkylation sites (tertiary alicyclic amines) is 1. The van der Waals surface area contributed by atoms with E-state index in [1.165, 1.54) is 31.5 Å². The molecule has 5 rings (SSSR count). The van der Waals surface area contributed by atoms with Crippen molar-refractivity contribution in [2.24, 2.45) is 0 Å². The van der Waals surface area contributed by atoms with Crippen molar-refractivity contribution >= 4 is 28.6 Å². The predicted octanol–water partition coefficient (Wildman–Crippen LogP) is 5.23. The first kappa shape index (κ1) is 22.0. The third kappa shape index (κ3) is 4.37. The molecule has 2 N–H and O–H groups in total. The number of amides is 1. The van der Waals surface area contributed by atoms with E-state index < -0.39 is 0 Å². The van der Waals surface area contributed by atoms with Crippen LogP contribution in [0.4, 0.5) is 11.4 Å². The second-order valence-corrected chi connectivity index (χ2v) is 8.63. The second-order valence-electron chi connectivity index (χ2n) is 8.63. The molecule has 174 valence electrons. The molecule has 6 nitrogen and oxygen atoms in total. The average Bonchev–Trinajstić information content (AvgIpc) is 3.49. The van der Waals surface area contributed by atoms with Crippen molar-refractivity contribution in [1.29, 1.82) is 0 Å². The summed E-state index contributed by atoms with van der Waals surface area (Å²) in [5, 5.41) is 6.51. The lowest BCUT2D eigenvalue weighted by molar-refractivity contribution is -0.110. The van der Waals surface area contributed by atoms with Gasteiger partial charge in [0.05, 0.1) is 31.2 Å². The maximum Gasteiger partial charge on any atom is 0.258 e. The smallest absolute Gasteiger partial charge is 0.258 e. The molecule has 0 spiro atoms.